The Balaban J connectivity index is 1.89. The highest BCUT2D eigenvalue weighted by Crippen LogP contribution is 1.99. The number of aromatic nitrogens is 4. The van der Waals surface area contributed by atoms with E-state index in [0.29, 0.717) is 6.54 Å². The van der Waals surface area contributed by atoms with Crippen molar-refractivity contribution < 1.29 is 14.7 Å². The Kier molecular flexibility index (Phi) is 4.14. The lowest BCUT2D eigenvalue weighted by molar-refractivity contribution is -0.122. The van der Waals surface area contributed by atoms with Crippen molar-refractivity contribution in [1.29, 1.82) is 0 Å². The lowest BCUT2D eigenvalue weighted by Crippen LogP contribution is -2.29. The lowest BCUT2D eigenvalue weighted by Gasteiger charge is -2.05. The standard InChI is InChI=1S/C12H15N5O3/c1-2-16-6-4-9(15-16)7-13-11(18)8-17-10(12(19)20)3-5-14-17/h3-6H,2,7-8H2,1H3,(H,13,18)(H,19,20). The number of hydrogen-bond donors (Lipinski definition) is 2. The van der Waals surface area contributed by atoms with Crippen LogP contribution in [0.1, 0.15) is 23.1 Å². The van der Waals surface area contributed by atoms with Crippen molar-refractivity contribution in [2.24, 2.45) is 0 Å². The zero-order chi connectivity index (χ0) is 14.5. The van der Waals surface area contributed by atoms with Crippen molar-refractivity contribution in [3.63, 3.8) is 0 Å². The number of carbonyl (C=O) groups is 2. The van der Waals surface area contributed by atoms with Crippen LogP contribution in [-0.4, -0.2) is 36.5 Å². The van der Waals surface area contributed by atoms with Gasteiger partial charge in [-0.25, -0.2) is 9.48 Å². The summed E-state index contributed by atoms with van der Waals surface area (Å²) < 4.78 is 2.90. The van der Waals surface area contributed by atoms with E-state index < -0.39 is 5.97 Å². The van der Waals surface area contributed by atoms with Crippen molar-refractivity contribution in [2.75, 3.05) is 0 Å². The molecule has 2 heterocycles. The lowest BCUT2D eigenvalue weighted by atomic mass is 10.4. The summed E-state index contributed by atoms with van der Waals surface area (Å²) in [4.78, 5) is 22.6. The number of aromatic carboxylic acids is 1. The number of carbonyl (C=O) groups excluding carboxylic acids is 1. The molecule has 106 valence electrons. The van der Waals surface area contributed by atoms with Gasteiger partial charge in [0.2, 0.25) is 5.91 Å². The minimum atomic E-state index is -1.11. The minimum Gasteiger partial charge on any atom is -0.477 e. The quantitative estimate of drug-likeness (QED) is 0.780. The first kappa shape index (κ1) is 13.8. The van der Waals surface area contributed by atoms with Crippen LogP contribution >= 0.6 is 0 Å². The molecule has 0 saturated heterocycles. The molecule has 0 atom stereocenters. The Morgan fingerprint density at radius 1 is 1.40 bits per heavy atom. The van der Waals surface area contributed by atoms with Gasteiger partial charge in [-0.1, -0.05) is 0 Å². The van der Waals surface area contributed by atoms with Crippen molar-refractivity contribution >= 4 is 11.9 Å². The molecule has 2 N–H and O–H groups in total. The zero-order valence-corrected chi connectivity index (χ0v) is 11.0. The predicted octanol–water partition coefficient (Wildman–Crippen LogP) is 0.114. The van der Waals surface area contributed by atoms with Crippen molar-refractivity contribution in [3.05, 3.63) is 35.9 Å². The number of nitrogens with one attached hydrogen (secondary N) is 1. The molecule has 2 aromatic rings. The molecule has 0 aromatic carbocycles. The predicted molar refractivity (Wildman–Crippen MR) is 68.9 cm³/mol. The number of carboxylic acids is 1. The smallest absolute Gasteiger partial charge is 0.354 e. The fraction of sp³-hybridized carbons (Fsp3) is 0.333. The highest BCUT2D eigenvalue weighted by Gasteiger charge is 2.13. The van der Waals surface area contributed by atoms with Crippen LogP contribution in [0.2, 0.25) is 0 Å². The molecule has 20 heavy (non-hydrogen) atoms. The molecule has 0 aliphatic heterocycles. The number of carboxylic acid groups (broad SMARTS) is 1. The summed E-state index contributed by atoms with van der Waals surface area (Å²) in [7, 11) is 0. The van der Waals surface area contributed by atoms with Gasteiger partial charge in [-0.15, -0.1) is 0 Å². The monoisotopic (exact) mass is 277 g/mol. The van der Waals surface area contributed by atoms with Gasteiger partial charge in [0, 0.05) is 18.9 Å². The second-order valence-electron chi connectivity index (χ2n) is 4.12. The van der Waals surface area contributed by atoms with Gasteiger partial charge in [-0.2, -0.15) is 10.2 Å². The van der Waals surface area contributed by atoms with E-state index in [1.54, 1.807) is 4.68 Å². The van der Waals surface area contributed by atoms with E-state index in [2.05, 4.69) is 15.5 Å². The third kappa shape index (κ3) is 3.22. The summed E-state index contributed by atoms with van der Waals surface area (Å²) >= 11 is 0. The Morgan fingerprint density at radius 2 is 2.20 bits per heavy atom. The summed E-state index contributed by atoms with van der Waals surface area (Å²) in [5, 5.41) is 19.6. The minimum absolute atomic E-state index is 0.0181. The fourth-order valence-corrected chi connectivity index (χ4v) is 1.70. The molecule has 1 amide bonds. The van der Waals surface area contributed by atoms with Gasteiger partial charge in [0.05, 0.1) is 12.2 Å². The molecule has 0 aliphatic rings. The highest BCUT2D eigenvalue weighted by molar-refractivity contribution is 5.86. The van der Waals surface area contributed by atoms with Crippen LogP contribution in [0, 0.1) is 0 Å². The topological polar surface area (TPSA) is 102 Å². The van der Waals surface area contributed by atoms with E-state index in [9.17, 15) is 9.59 Å². The molecule has 0 bridgehead atoms. The van der Waals surface area contributed by atoms with E-state index in [0.717, 1.165) is 16.9 Å². The second-order valence-corrected chi connectivity index (χ2v) is 4.12. The molecule has 0 radical (unpaired) electrons. The summed E-state index contributed by atoms with van der Waals surface area (Å²) in [6.07, 6.45) is 3.18. The Labute approximate surface area is 115 Å². The van der Waals surface area contributed by atoms with Crippen LogP contribution in [0.5, 0.6) is 0 Å². The summed E-state index contributed by atoms with van der Waals surface area (Å²) in [6.45, 7) is 2.91. The van der Waals surface area contributed by atoms with Gasteiger partial charge in [-0.05, 0) is 19.1 Å². The first-order valence-electron chi connectivity index (χ1n) is 6.14. The molecular formula is C12H15N5O3. The molecule has 8 heteroatoms. The van der Waals surface area contributed by atoms with E-state index in [1.807, 2.05) is 19.2 Å². The average Bonchev–Trinajstić information content (AvgIpc) is 3.04. The van der Waals surface area contributed by atoms with Crippen LogP contribution in [0.4, 0.5) is 0 Å². The van der Waals surface area contributed by atoms with E-state index in [1.165, 1.54) is 12.3 Å². The van der Waals surface area contributed by atoms with Crippen LogP contribution in [0.25, 0.3) is 0 Å². The Bertz CT molecular complexity index is 616. The van der Waals surface area contributed by atoms with E-state index >= 15 is 0 Å². The van der Waals surface area contributed by atoms with Gasteiger partial charge < -0.3 is 10.4 Å². The van der Waals surface area contributed by atoms with Gasteiger partial charge in [0.25, 0.3) is 0 Å². The molecule has 0 unspecified atom stereocenters. The fourth-order valence-electron chi connectivity index (χ4n) is 1.70. The molecule has 0 spiro atoms. The van der Waals surface area contributed by atoms with Crippen LogP contribution in [0.15, 0.2) is 24.5 Å². The SMILES string of the molecule is CCn1ccc(CNC(=O)Cn2nccc2C(=O)O)n1. The normalized spacial score (nSPS) is 10.4. The molecule has 0 fully saturated rings. The number of amides is 1. The summed E-state index contributed by atoms with van der Waals surface area (Å²) in [5.41, 5.74) is 0.731. The molecule has 2 aromatic heterocycles. The van der Waals surface area contributed by atoms with Gasteiger partial charge >= 0.3 is 5.97 Å². The number of aryl methyl sites for hydroxylation is 1. The van der Waals surface area contributed by atoms with Crippen LogP contribution < -0.4 is 5.32 Å². The zero-order valence-electron chi connectivity index (χ0n) is 11.0. The van der Waals surface area contributed by atoms with Crippen molar-refractivity contribution in [3.8, 4) is 0 Å². The van der Waals surface area contributed by atoms with Crippen molar-refractivity contribution in [2.45, 2.75) is 26.6 Å². The maximum absolute atomic E-state index is 11.7. The number of nitrogens with zero attached hydrogens (tertiary/aromatic N) is 4. The Hall–Kier alpha value is -2.64. The van der Waals surface area contributed by atoms with Crippen molar-refractivity contribution in [1.82, 2.24) is 24.9 Å². The molecule has 8 nitrogen and oxygen atoms in total. The average molecular weight is 277 g/mol. The third-order valence-corrected chi connectivity index (χ3v) is 2.72. The summed E-state index contributed by atoms with van der Waals surface area (Å²) in [6, 6.07) is 3.17. The molecule has 0 saturated carbocycles. The molecular weight excluding hydrogens is 262 g/mol. The largest absolute Gasteiger partial charge is 0.477 e. The van der Waals surface area contributed by atoms with Gasteiger partial charge in [0.1, 0.15) is 12.2 Å². The number of rotatable bonds is 6. The second kappa shape index (κ2) is 6.00. The molecule has 0 aliphatic carbocycles. The van der Waals surface area contributed by atoms with Crippen LogP contribution in [-0.2, 0) is 24.4 Å². The molecule has 2 rings (SSSR count). The van der Waals surface area contributed by atoms with Gasteiger partial charge in [-0.3, -0.25) is 9.48 Å². The maximum Gasteiger partial charge on any atom is 0.354 e. The number of hydrogen-bond acceptors (Lipinski definition) is 4. The van der Waals surface area contributed by atoms with Gasteiger partial charge in [0.15, 0.2) is 0 Å². The Morgan fingerprint density at radius 3 is 2.85 bits per heavy atom. The first-order valence-corrected chi connectivity index (χ1v) is 6.14. The maximum atomic E-state index is 11.7. The van der Waals surface area contributed by atoms with E-state index in [4.69, 9.17) is 5.11 Å². The highest BCUT2D eigenvalue weighted by atomic mass is 16.4. The first-order chi connectivity index (χ1) is 9.60. The summed E-state index contributed by atoms with van der Waals surface area (Å²) in [5.74, 6) is -1.43. The van der Waals surface area contributed by atoms with E-state index in [-0.39, 0.29) is 18.1 Å². The third-order valence-electron chi connectivity index (χ3n) is 2.72. The van der Waals surface area contributed by atoms with Crippen LogP contribution in [0.3, 0.4) is 0 Å².